The molecule has 2 aliphatic rings. The molecule has 4 N–H and O–H groups in total. The molecular weight excluding hydrogens is 398 g/mol. The molecule has 2 atom stereocenters. The lowest BCUT2D eigenvalue weighted by atomic mass is 10.1. The molecule has 3 aromatic rings. The number of aliphatic hydroxyl groups is 2. The molecule has 30 heavy (non-hydrogen) atoms. The number of aromatic nitrogens is 3. The van der Waals surface area contributed by atoms with Crippen molar-refractivity contribution in [1.82, 2.24) is 15.0 Å². The predicted octanol–water partition coefficient (Wildman–Crippen LogP) is 3.78. The number of rotatable bonds is 7. The van der Waals surface area contributed by atoms with E-state index in [-0.39, 0.29) is 12.5 Å². The van der Waals surface area contributed by atoms with Crippen molar-refractivity contribution in [2.24, 2.45) is 11.8 Å². The molecule has 2 aliphatic carbocycles. The number of thiazole rings is 1. The van der Waals surface area contributed by atoms with Gasteiger partial charge in [0.15, 0.2) is 0 Å². The summed E-state index contributed by atoms with van der Waals surface area (Å²) >= 11 is 1.60. The summed E-state index contributed by atoms with van der Waals surface area (Å²) in [4.78, 5) is 14.2. The van der Waals surface area contributed by atoms with Crippen LogP contribution in [0.5, 0.6) is 0 Å². The van der Waals surface area contributed by atoms with Crippen LogP contribution in [0.15, 0.2) is 24.3 Å². The molecule has 0 amide bonds. The molecule has 158 valence electrons. The smallest absolute Gasteiger partial charge is 0.224 e. The highest BCUT2D eigenvalue weighted by molar-refractivity contribution is 7.21. The van der Waals surface area contributed by atoms with Crippen molar-refractivity contribution in [3.05, 3.63) is 30.0 Å². The minimum atomic E-state index is -1.09. The van der Waals surface area contributed by atoms with Crippen molar-refractivity contribution in [3.63, 3.8) is 0 Å². The Morgan fingerprint density at radius 3 is 2.70 bits per heavy atom. The lowest BCUT2D eigenvalue weighted by molar-refractivity contribution is 0.0683. The number of aryl methyl sites for hydroxylation is 1. The van der Waals surface area contributed by atoms with Crippen LogP contribution in [0.4, 0.5) is 11.8 Å². The van der Waals surface area contributed by atoms with Crippen LogP contribution in [0.25, 0.3) is 20.8 Å². The standard InChI is InChI=1S/C22H27N5O2S/c1-13-18(20-25-16-4-2-3-5-17(16)30-20)19(26-21(24-13)23-11-14-6-7-14)27-22(29)9-8-15(10-22)12-28/h2-5,14-15,28-29H,6-12H2,1H3,(H2,23,24,26,27). The van der Waals surface area contributed by atoms with Gasteiger partial charge in [0.1, 0.15) is 16.6 Å². The van der Waals surface area contributed by atoms with E-state index in [0.717, 1.165) is 39.4 Å². The van der Waals surface area contributed by atoms with Gasteiger partial charge in [-0.15, -0.1) is 11.3 Å². The third kappa shape index (κ3) is 3.99. The van der Waals surface area contributed by atoms with Crippen molar-refractivity contribution in [2.75, 3.05) is 23.8 Å². The molecule has 2 unspecified atom stereocenters. The molecule has 2 fully saturated rings. The van der Waals surface area contributed by atoms with Gasteiger partial charge in [-0.1, -0.05) is 12.1 Å². The second-order valence-electron chi connectivity index (χ2n) is 8.62. The van der Waals surface area contributed by atoms with Crippen LogP contribution in [0, 0.1) is 18.8 Å². The first-order valence-corrected chi connectivity index (χ1v) is 11.4. The molecule has 8 heteroatoms. The average Bonchev–Trinajstić information content (AvgIpc) is 3.34. The van der Waals surface area contributed by atoms with Crippen LogP contribution in [0.2, 0.25) is 0 Å². The Hall–Kier alpha value is -2.29. The Labute approximate surface area is 179 Å². The highest BCUT2D eigenvalue weighted by Gasteiger charge is 2.38. The largest absolute Gasteiger partial charge is 0.396 e. The quantitative estimate of drug-likeness (QED) is 0.427. The highest BCUT2D eigenvalue weighted by atomic mass is 32.1. The third-order valence-corrected chi connectivity index (χ3v) is 7.10. The number of benzene rings is 1. The normalized spacial score (nSPS) is 23.8. The first-order chi connectivity index (χ1) is 14.5. The van der Waals surface area contributed by atoms with Gasteiger partial charge < -0.3 is 20.8 Å². The number of hydrogen-bond acceptors (Lipinski definition) is 8. The first kappa shape index (κ1) is 19.7. The fourth-order valence-electron chi connectivity index (χ4n) is 4.15. The van der Waals surface area contributed by atoms with E-state index < -0.39 is 5.72 Å². The van der Waals surface area contributed by atoms with Crippen molar-refractivity contribution in [2.45, 2.75) is 44.8 Å². The van der Waals surface area contributed by atoms with E-state index in [1.165, 1.54) is 12.8 Å². The summed E-state index contributed by atoms with van der Waals surface area (Å²) in [5, 5.41) is 28.1. The Kier molecular flexibility index (Phi) is 5.08. The first-order valence-electron chi connectivity index (χ1n) is 10.6. The number of fused-ring (bicyclic) bond motifs is 1. The minimum Gasteiger partial charge on any atom is -0.396 e. The molecule has 0 bridgehead atoms. The van der Waals surface area contributed by atoms with Crippen molar-refractivity contribution in [1.29, 1.82) is 0 Å². The number of anilines is 2. The zero-order chi connectivity index (χ0) is 20.7. The number of para-hydroxylation sites is 1. The van der Waals surface area contributed by atoms with E-state index in [9.17, 15) is 10.2 Å². The summed E-state index contributed by atoms with van der Waals surface area (Å²) in [6.07, 6.45) is 4.36. The molecule has 7 nitrogen and oxygen atoms in total. The molecule has 0 radical (unpaired) electrons. The van der Waals surface area contributed by atoms with Crippen LogP contribution in [-0.2, 0) is 0 Å². The maximum atomic E-state index is 11.1. The monoisotopic (exact) mass is 425 g/mol. The van der Waals surface area contributed by atoms with Crippen LogP contribution in [-0.4, -0.2) is 44.0 Å². The Morgan fingerprint density at radius 1 is 1.13 bits per heavy atom. The van der Waals surface area contributed by atoms with Gasteiger partial charge in [0.05, 0.1) is 21.5 Å². The minimum absolute atomic E-state index is 0.0890. The second-order valence-corrected chi connectivity index (χ2v) is 9.65. The SMILES string of the molecule is Cc1nc(NCC2CC2)nc(NC2(O)CCC(CO)C2)c1-c1nc2ccccc2s1. The highest BCUT2D eigenvalue weighted by Crippen LogP contribution is 2.40. The van der Waals surface area contributed by atoms with Crippen molar-refractivity contribution >= 4 is 33.3 Å². The Balaban J connectivity index is 1.53. The lowest BCUT2D eigenvalue weighted by Gasteiger charge is -2.26. The van der Waals surface area contributed by atoms with E-state index >= 15 is 0 Å². The molecule has 0 aliphatic heterocycles. The molecule has 0 spiro atoms. The predicted molar refractivity (Wildman–Crippen MR) is 120 cm³/mol. The van der Waals surface area contributed by atoms with E-state index in [0.29, 0.717) is 30.5 Å². The summed E-state index contributed by atoms with van der Waals surface area (Å²) in [6.45, 7) is 2.92. The molecule has 2 heterocycles. The Morgan fingerprint density at radius 2 is 1.97 bits per heavy atom. The fourth-order valence-corrected chi connectivity index (χ4v) is 5.21. The summed E-state index contributed by atoms with van der Waals surface area (Å²) in [7, 11) is 0. The number of nitrogens with zero attached hydrogens (tertiary/aromatic N) is 3. The molecule has 5 rings (SSSR count). The fraction of sp³-hybridized carbons (Fsp3) is 0.500. The second kappa shape index (κ2) is 7.76. The molecule has 0 saturated heterocycles. The maximum absolute atomic E-state index is 11.1. The van der Waals surface area contributed by atoms with E-state index in [4.69, 9.17) is 15.0 Å². The van der Waals surface area contributed by atoms with Gasteiger partial charge in [-0.3, -0.25) is 0 Å². The molecule has 1 aromatic carbocycles. The number of hydrogen-bond donors (Lipinski definition) is 4. The summed E-state index contributed by atoms with van der Waals surface area (Å²) in [6, 6.07) is 8.05. The topological polar surface area (TPSA) is 103 Å². The number of nitrogens with one attached hydrogen (secondary N) is 2. The lowest BCUT2D eigenvalue weighted by Crippen LogP contribution is -2.36. The van der Waals surface area contributed by atoms with Crippen molar-refractivity contribution < 1.29 is 10.2 Å². The zero-order valence-corrected chi connectivity index (χ0v) is 17.9. The van der Waals surface area contributed by atoms with Crippen LogP contribution >= 0.6 is 11.3 Å². The van der Waals surface area contributed by atoms with Gasteiger partial charge in [-0.25, -0.2) is 9.97 Å². The van der Waals surface area contributed by atoms with E-state index in [1.807, 2.05) is 25.1 Å². The molecule has 2 saturated carbocycles. The van der Waals surface area contributed by atoms with Crippen LogP contribution < -0.4 is 10.6 Å². The van der Waals surface area contributed by atoms with Gasteiger partial charge in [-0.05, 0) is 63.0 Å². The summed E-state index contributed by atoms with van der Waals surface area (Å²) < 4.78 is 1.11. The number of aliphatic hydroxyl groups excluding tert-OH is 1. The van der Waals surface area contributed by atoms with Crippen molar-refractivity contribution in [3.8, 4) is 10.6 Å². The zero-order valence-electron chi connectivity index (χ0n) is 17.1. The third-order valence-electron chi connectivity index (χ3n) is 6.05. The summed E-state index contributed by atoms with van der Waals surface area (Å²) in [5.74, 6) is 1.98. The summed E-state index contributed by atoms with van der Waals surface area (Å²) in [5.41, 5.74) is 1.51. The van der Waals surface area contributed by atoms with Gasteiger partial charge in [-0.2, -0.15) is 4.98 Å². The Bertz CT molecular complexity index is 1030. The van der Waals surface area contributed by atoms with Gasteiger partial charge in [0.2, 0.25) is 5.95 Å². The van der Waals surface area contributed by atoms with Crippen LogP contribution in [0.3, 0.4) is 0 Å². The molecule has 2 aromatic heterocycles. The molecular formula is C22H27N5O2S. The van der Waals surface area contributed by atoms with Gasteiger partial charge in [0, 0.05) is 13.2 Å². The maximum Gasteiger partial charge on any atom is 0.224 e. The van der Waals surface area contributed by atoms with E-state index in [1.54, 1.807) is 11.3 Å². The van der Waals surface area contributed by atoms with E-state index in [2.05, 4.69) is 16.7 Å². The van der Waals surface area contributed by atoms with Gasteiger partial charge in [0.25, 0.3) is 0 Å². The average molecular weight is 426 g/mol. The van der Waals surface area contributed by atoms with Crippen LogP contribution in [0.1, 0.15) is 37.8 Å². The van der Waals surface area contributed by atoms with Gasteiger partial charge >= 0.3 is 0 Å².